The van der Waals surface area contributed by atoms with E-state index in [0.29, 0.717) is 29.9 Å². The van der Waals surface area contributed by atoms with Crippen molar-refractivity contribution in [2.75, 3.05) is 13.7 Å². The van der Waals surface area contributed by atoms with E-state index in [1.165, 1.54) is 18.1 Å². The standard InChI is InChI=1S/C30H49N3O7/c1-18(2)11-12-21(6)33(28(37)23(15-19(3)4)32-29(38)40-30(7,8)9)26(27(36)31-17-25(35)39-10)22-13-14-24(34)20(5)16-22/h13-14,16,18-19,21,23,26,34H,11-12,15,17H2,1-10H3,(H,31,36)(H,32,38). The van der Waals surface area contributed by atoms with Crippen LogP contribution in [-0.4, -0.2) is 65.2 Å². The number of carbonyl (C=O) groups excluding carboxylic acids is 4. The molecule has 0 saturated carbocycles. The number of esters is 1. The van der Waals surface area contributed by atoms with Crippen LogP contribution < -0.4 is 10.6 Å². The topological polar surface area (TPSA) is 134 Å². The number of methoxy groups -OCH3 is 1. The third kappa shape index (κ3) is 11.4. The first-order chi connectivity index (χ1) is 18.5. The Bertz CT molecular complexity index is 1020. The van der Waals surface area contributed by atoms with E-state index in [9.17, 15) is 24.3 Å². The second-order valence-electron chi connectivity index (χ2n) is 12.1. The first-order valence-electron chi connectivity index (χ1n) is 13.9. The van der Waals surface area contributed by atoms with E-state index in [-0.39, 0.29) is 18.2 Å². The first-order valence-corrected chi connectivity index (χ1v) is 13.9. The van der Waals surface area contributed by atoms with Crippen LogP contribution in [0, 0.1) is 18.8 Å². The molecule has 3 N–H and O–H groups in total. The zero-order valence-corrected chi connectivity index (χ0v) is 25.8. The third-order valence-corrected chi connectivity index (χ3v) is 6.29. The molecule has 3 amide bonds. The van der Waals surface area contributed by atoms with Crippen molar-refractivity contribution in [1.29, 1.82) is 0 Å². The minimum absolute atomic E-state index is 0.0409. The van der Waals surface area contributed by atoms with Crippen LogP contribution in [0.5, 0.6) is 5.75 Å². The van der Waals surface area contributed by atoms with Crippen LogP contribution in [0.1, 0.15) is 91.8 Å². The maximum atomic E-state index is 14.4. The van der Waals surface area contributed by atoms with Crippen LogP contribution in [0.25, 0.3) is 0 Å². The lowest BCUT2D eigenvalue weighted by Crippen LogP contribution is -2.56. The highest BCUT2D eigenvalue weighted by Gasteiger charge is 2.39. The number of hydrogen-bond donors (Lipinski definition) is 3. The van der Waals surface area contributed by atoms with Crippen LogP contribution in [0.4, 0.5) is 4.79 Å². The van der Waals surface area contributed by atoms with Gasteiger partial charge >= 0.3 is 12.1 Å². The predicted octanol–water partition coefficient (Wildman–Crippen LogP) is 4.62. The number of aryl methyl sites for hydroxylation is 1. The van der Waals surface area contributed by atoms with Gasteiger partial charge in [0.05, 0.1) is 7.11 Å². The maximum Gasteiger partial charge on any atom is 0.408 e. The van der Waals surface area contributed by atoms with E-state index in [2.05, 4.69) is 29.2 Å². The van der Waals surface area contributed by atoms with Gasteiger partial charge in [-0.2, -0.15) is 0 Å². The summed E-state index contributed by atoms with van der Waals surface area (Å²) in [6, 6.07) is 2.18. The highest BCUT2D eigenvalue weighted by Crippen LogP contribution is 2.30. The van der Waals surface area contributed by atoms with Crippen molar-refractivity contribution < 1.29 is 33.8 Å². The number of rotatable bonds is 13. The molecule has 3 atom stereocenters. The lowest BCUT2D eigenvalue weighted by Gasteiger charge is -2.39. The molecule has 0 aliphatic heterocycles. The Hall–Kier alpha value is -3.30. The van der Waals surface area contributed by atoms with Gasteiger partial charge in [-0.05, 0) is 89.0 Å². The normalized spacial score (nSPS) is 13.8. The van der Waals surface area contributed by atoms with E-state index in [0.717, 1.165) is 6.42 Å². The number of hydrogen-bond acceptors (Lipinski definition) is 7. The van der Waals surface area contributed by atoms with Gasteiger partial charge in [0, 0.05) is 6.04 Å². The van der Waals surface area contributed by atoms with Crippen molar-refractivity contribution in [2.45, 2.75) is 105 Å². The molecule has 0 spiro atoms. The van der Waals surface area contributed by atoms with Gasteiger partial charge < -0.3 is 30.1 Å². The summed E-state index contributed by atoms with van der Waals surface area (Å²) in [5.41, 5.74) is 0.221. The molecule has 0 bridgehead atoms. The lowest BCUT2D eigenvalue weighted by atomic mass is 9.94. The Morgan fingerprint density at radius 3 is 2.12 bits per heavy atom. The SMILES string of the molecule is COC(=O)CNC(=O)C(c1ccc(O)c(C)c1)N(C(=O)C(CC(C)C)NC(=O)OC(C)(C)C)C(C)CCC(C)C. The van der Waals surface area contributed by atoms with Crippen LogP contribution in [0.15, 0.2) is 18.2 Å². The molecule has 1 rings (SSSR count). The number of nitrogens with one attached hydrogen (secondary N) is 2. The van der Waals surface area contributed by atoms with Crippen LogP contribution in [0.2, 0.25) is 0 Å². The van der Waals surface area contributed by atoms with E-state index < -0.39 is 47.6 Å². The molecule has 0 fully saturated rings. The van der Waals surface area contributed by atoms with Gasteiger partial charge in [-0.1, -0.05) is 33.8 Å². The first kappa shape index (κ1) is 34.7. The molecule has 1 aromatic carbocycles. The Morgan fingerprint density at radius 1 is 1.00 bits per heavy atom. The molecular weight excluding hydrogens is 514 g/mol. The molecule has 40 heavy (non-hydrogen) atoms. The molecule has 0 radical (unpaired) electrons. The molecule has 1 aromatic rings. The number of phenols is 1. The van der Waals surface area contributed by atoms with E-state index in [1.807, 2.05) is 20.8 Å². The number of amides is 3. The Kier molecular flexibility index (Phi) is 13.4. The van der Waals surface area contributed by atoms with Crippen molar-refractivity contribution in [3.05, 3.63) is 29.3 Å². The van der Waals surface area contributed by atoms with Gasteiger partial charge in [-0.15, -0.1) is 0 Å². The smallest absolute Gasteiger partial charge is 0.408 e. The Balaban J connectivity index is 3.68. The average molecular weight is 564 g/mol. The Morgan fingerprint density at radius 2 is 1.62 bits per heavy atom. The number of phenolic OH excluding ortho intramolecular Hbond substituents is 1. The minimum Gasteiger partial charge on any atom is -0.508 e. The van der Waals surface area contributed by atoms with Crippen molar-refractivity contribution in [3.63, 3.8) is 0 Å². The van der Waals surface area contributed by atoms with E-state index >= 15 is 0 Å². The summed E-state index contributed by atoms with van der Waals surface area (Å²) < 4.78 is 10.1. The number of carbonyl (C=O) groups is 4. The van der Waals surface area contributed by atoms with Crippen LogP contribution in [0.3, 0.4) is 0 Å². The van der Waals surface area contributed by atoms with Crippen LogP contribution >= 0.6 is 0 Å². The van der Waals surface area contributed by atoms with Gasteiger partial charge in [0.1, 0.15) is 30.0 Å². The van der Waals surface area contributed by atoms with Crippen molar-refractivity contribution >= 4 is 23.9 Å². The van der Waals surface area contributed by atoms with Crippen LogP contribution in [-0.2, 0) is 23.9 Å². The van der Waals surface area contributed by atoms with Gasteiger partial charge in [-0.3, -0.25) is 14.4 Å². The zero-order valence-electron chi connectivity index (χ0n) is 25.8. The molecule has 0 saturated heterocycles. The molecule has 0 aliphatic carbocycles. The number of aromatic hydroxyl groups is 1. The van der Waals surface area contributed by atoms with Gasteiger partial charge in [-0.25, -0.2) is 4.79 Å². The molecule has 226 valence electrons. The summed E-state index contributed by atoms with van der Waals surface area (Å²) in [6.07, 6.45) is 0.983. The molecule has 0 aromatic heterocycles. The predicted molar refractivity (Wildman–Crippen MR) is 154 cm³/mol. The quantitative estimate of drug-likeness (QED) is 0.298. The average Bonchev–Trinajstić information content (AvgIpc) is 2.83. The Labute approximate surface area is 239 Å². The summed E-state index contributed by atoms with van der Waals surface area (Å²) >= 11 is 0. The molecule has 10 nitrogen and oxygen atoms in total. The number of benzene rings is 1. The fourth-order valence-corrected chi connectivity index (χ4v) is 4.25. The minimum atomic E-state index is -1.14. The number of ether oxygens (including phenoxy) is 2. The van der Waals surface area contributed by atoms with Crippen molar-refractivity contribution in [3.8, 4) is 5.75 Å². The molecule has 0 heterocycles. The van der Waals surface area contributed by atoms with Crippen molar-refractivity contribution in [1.82, 2.24) is 15.5 Å². The zero-order chi connectivity index (χ0) is 30.8. The highest BCUT2D eigenvalue weighted by atomic mass is 16.6. The number of alkyl carbamates (subject to hydrolysis) is 1. The lowest BCUT2D eigenvalue weighted by molar-refractivity contribution is -0.147. The van der Waals surface area contributed by atoms with E-state index in [4.69, 9.17) is 4.74 Å². The molecule has 3 unspecified atom stereocenters. The van der Waals surface area contributed by atoms with Gasteiger partial charge in [0.15, 0.2) is 0 Å². The fourth-order valence-electron chi connectivity index (χ4n) is 4.25. The van der Waals surface area contributed by atoms with Gasteiger partial charge in [0.2, 0.25) is 11.8 Å². The molecule has 0 aliphatic rings. The monoisotopic (exact) mass is 563 g/mol. The largest absolute Gasteiger partial charge is 0.508 e. The summed E-state index contributed by atoms with van der Waals surface area (Å²) in [7, 11) is 1.22. The summed E-state index contributed by atoms with van der Waals surface area (Å²) in [5.74, 6) is -1.22. The summed E-state index contributed by atoms with van der Waals surface area (Å²) in [4.78, 5) is 54.2. The third-order valence-electron chi connectivity index (χ3n) is 6.29. The second kappa shape index (κ2) is 15.5. The highest BCUT2D eigenvalue weighted by molar-refractivity contribution is 5.93. The summed E-state index contributed by atoms with van der Waals surface area (Å²) in [6.45, 7) is 16.4. The fraction of sp³-hybridized carbons (Fsp3) is 0.667. The second-order valence-corrected chi connectivity index (χ2v) is 12.1. The van der Waals surface area contributed by atoms with E-state index in [1.54, 1.807) is 39.8 Å². The number of nitrogens with zero attached hydrogens (tertiary/aromatic N) is 1. The molecular formula is C30H49N3O7. The maximum absolute atomic E-state index is 14.4. The van der Waals surface area contributed by atoms with Crippen molar-refractivity contribution in [2.24, 2.45) is 11.8 Å². The van der Waals surface area contributed by atoms with Gasteiger partial charge in [0.25, 0.3) is 0 Å². The summed E-state index contributed by atoms with van der Waals surface area (Å²) in [5, 5.41) is 15.5. The molecule has 10 heteroatoms.